The summed E-state index contributed by atoms with van der Waals surface area (Å²) in [5.74, 6) is 0.456. The highest BCUT2D eigenvalue weighted by Gasteiger charge is 2.38. The summed E-state index contributed by atoms with van der Waals surface area (Å²) in [6.45, 7) is 4.73. The molecule has 148 valence electrons. The summed E-state index contributed by atoms with van der Waals surface area (Å²) in [4.78, 5) is 27.7. The number of rotatable bonds is 12. The van der Waals surface area contributed by atoms with Gasteiger partial charge < -0.3 is 0 Å². The van der Waals surface area contributed by atoms with Gasteiger partial charge in [-0.25, -0.2) is 0 Å². The third-order valence-corrected chi connectivity index (χ3v) is 5.99. The van der Waals surface area contributed by atoms with Crippen LogP contribution in [-0.2, 0) is 9.59 Å². The van der Waals surface area contributed by atoms with Crippen molar-refractivity contribution in [1.82, 2.24) is 4.90 Å². The number of carbonyl (C=O) groups is 2. The molecule has 0 atom stereocenters. The SMILES string of the molecule is CCCCCCCCCCN1C(=O)C(SCC)=C(c2ccc(Cl)cc2)C1=O. The fourth-order valence-electron chi connectivity index (χ4n) is 3.31. The molecule has 1 aromatic carbocycles. The lowest BCUT2D eigenvalue weighted by Gasteiger charge is -2.15. The monoisotopic (exact) mass is 407 g/mol. The van der Waals surface area contributed by atoms with Crippen LogP contribution in [0, 0.1) is 0 Å². The fourth-order valence-corrected chi connectivity index (χ4v) is 4.31. The van der Waals surface area contributed by atoms with Crippen molar-refractivity contribution in [1.29, 1.82) is 0 Å². The van der Waals surface area contributed by atoms with Crippen LogP contribution in [0.1, 0.15) is 70.8 Å². The predicted octanol–water partition coefficient (Wildman–Crippen LogP) is 6.31. The zero-order valence-corrected chi connectivity index (χ0v) is 18.0. The highest BCUT2D eigenvalue weighted by atomic mass is 35.5. The first-order chi connectivity index (χ1) is 13.1. The number of amides is 2. The second-order valence-electron chi connectivity index (χ2n) is 6.88. The van der Waals surface area contributed by atoms with Gasteiger partial charge >= 0.3 is 0 Å². The average molecular weight is 408 g/mol. The second-order valence-corrected chi connectivity index (χ2v) is 8.59. The Morgan fingerprint density at radius 3 is 2.04 bits per heavy atom. The molecule has 1 aliphatic heterocycles. The third kappa shape index (κ3) is 6.11. The van der Waals surface area contributed by atoms with Crippen LogP contribution < -0.4 is 0 Å². The predicted molar refractivity (Wildman–Crippen MR) is 116 cm³/mol. The van der Waals surface area contributed by atoms with E-state index in [0.717, 1.165) is 24.2 Å². The molecule has 3 nitrogen and oxygen atoms in total. The van der Waals surface area contributed by atoms with E-state index < -0.39 is 0 Å². The average Bonchev–Trinajstić information content (AvgIpc) is 2.89. The first-order valence-electron chi connectivity index (χ1n) is 10.1. The fraction of sp³-hybridized carbons (Fsp3) is 0.545. The van der Waals surface area contributed by atoms with E-state index in [0.29, 0.717) is 22.0 Å². The molecule has 27 heavy (non-hydrogen) atoms. The van der Waals surface area contributed by atoms with Gasteiger partial charge in [-0.05, 0) is 29.9 Å². The zero-order chi connectivity index (χ0) is 19.6. The molecule has 0 aromatic heterocycles. The minimum Gasteiger partial charge on any atom is -0.274 e. The van der Waals surface area contributed by atoms with Crippen LogP contribution >= 0.6 is 23.4 Å². The maximum absolute atomic E-state index is 12.9. The van der Waals surface area contributed by atoms with E-state index >= 15 is 0 Å². The van der Waals surface area contributed by atoms with Crippen LogP contribution in [0.4, 0.5) is 0 Å². The van der Waals surface area contributed by atoms with Crippen molar-refractivity contribution in [2.45, 2.75) is 65.2 Å². The van der Waals surface area contributed by atoms with E-state index in [2.05, 4.69) is 6.92 Å². The van der Waals surface area contributed by atoms with Crippen molar-refractivity contribution in [3.8, 4) is 0 Å². The molecular formula is C22H30ClNO2S. The molecule has 1 heterocycles. The van der Waals surface area contributed by atoms with Crippen molar-refractivity contribution >= 4 is 40.8 Å². The Labute approximate surface area is 172 Å². The molecule has 0 unspecified atom stereocenters. The number of carbonyl (C=O) groups excluding carboxylic acids is 2. The van der Waals surface area contributed by atoms with Crippen molar-refractivity contribution in [2.75, 3.05) is 12.3 Å². The van der Waals surface area contributed by atoms with E-state index in [4.69, 9.17) is 11.6 Å². The van der Waals surface area contributed by atoms with Gasteiger partial charge in [-0.3, -0.25) is 14.5 Å². The highest BCUT2D eigenvalue weighted by Crippen LogP contribution is 2.36. The minimum atomic E-state index is -0.166. The summed E-state index contributed by atoms with van der Waals surface area (Å²) < 4.78 is 0. The number of unbranched alkanes of at least 4 members (excludes halogenated alkanes) is 7. The number of hydrogen-bond donors (Lipinski definition) is 0. The van der Waals surface area contributed by atoms with Crippen LogP contribution in [0.25, 0.3) is 5.57 Å². The molecule has 1 aromatic rings. The maximum atomic E-state index is 12.9. The van der Waals surface area contributed by atoms with E-state index in [1.165, 1.54) is 55.2 Å². The molecule has 0 aliphatic carbocycles. The number of imide groups is 1. The smallest absolute Gasteiger partial charge is 0.267 e. The Bertz CT molecular complexity index is 669. The lowest BCUT2D eigenvalue weighted by atomic mass is 10.1. The molecule has 0 fully saturated rings. The number of benzene rings is 1. The van der Waals surface area contributed by atoms with Gasteiger partial charge in [-0.1, -0.05) is 82.5 Å². The quantitative estimate of drug-likeness (QED) is 0.300. The molecule has 0 saturated heterocycles. The highest BCUT2D eigenvalue weighted by molar-refractivity contribution is 8.04. The Kier molecular flexibility index (Phi) is 9.43. The van der Waals surface area contributed by atoms with Crippen LogP contribution in [-0.4, -0.2) is 29.0 Å². The van der Waals surface area contributed by atoms with Crippen LogP contribution in [0.2, 0.25) is 5.02 Å². The molecule has 5 heteroatoms. The molecule has 0 bridgehead atoms. The number of halogens is 1. The van der Waals surface area contributed by atoms with Crippen molar-refractivity contribution < 1.29 is 9.59 Å². The lowest BCUT2D eigenvalue weighted by molar-refractivity contribution is -0.136. The Balaban J connectivity index is 1.93. The second kappa shape index (κ2) is 11.6. The zero-order valence-electron chi connectivity index (χ0n) is 16.4. The largest absolute Gasteiger partial charge is 0.274 e. The number of nitrogens with zero attached hydrogens (tertiary/aromatic N) is 1. The van der Waals surface area contributed by atoms with Crippen LogP contribution in [0.5, 0.6) is 0 Å². The Morgan fingerprint density at radius 1 is 0.852 bits per heavy atom. The van der Waals surface area contributed by atoms with Gasteiger partial charge in [0.2, 0.25) is 0 Å². The molecule has 0 spiro atoms. The van der Waals surface area contributed by atoms with E-state index in [1.54, 1.807) is 12.1 Å². The van der Waals surface area contributed by atoms with Gasteiger partial charge in [-0.2, -0.15) is 0 Å². The summed E-state index contributed by atoms with van der Waals surface area (Å²) in [5, 5.41) is 0.622. The number of hydrogen-bond acceptors (Lipinski definition) is 3. The van der Waals surface area contributed by atoms with Crippen molar-refractivity contribution in [3.05, 3.63) is 39.8 Å². The number of thioether (sulfide) groups is 1. The van der Waals surface area contributed by atoms with E-state index in [-0.39, 0.29) is 11.8 Å². The van der Waals surface area contributed by atoms with Crippen molar-refractivity contribution in [2.24, 2.45) is 0 Å². The minimum absolute atomic E-state index is 0.139. The topological polar surface area (TPSA) is 37.4 Å². The maximum Gasteiger partial charge on any atom is 0.267 e. The lowest BCUT2D eigenvalue weighted by Crippen LogP contribution is -2.32. The summed E-state index contributed by atoms with van der Waals surface area (Å²) in [6, 6.07) is 7.16. The molecule has 0 radical (unpaired) electrons. The van der Waals surface area contributed by atoms with Gasteiger partial charge in [0.1, 0.15) is 0 Å². The van der Waals surface area contributed by atoms with Gasteiger partial charge in [-0.15, -0.1) is 11.8 Å². The molecule has 2 amide bonds. The summed E-state index contributed by atoms with van der Waals surface area (Å²) in [5.41, 5.74) is 1.30. The van der Waals surface area contributed by atoms with Crippen molar-refractivity contribution in [3.63, 3.8) is 0 Å². The molecule has 0 saturated carbocycles. The van der Waals surface area contributed by atoms with E-state index in [1.807, 2.05) is 19.1 Å². The summed E-state index contributed by atoms with van der Waals surface area (Å²) in [6.07, 6.45) is 9.54. The summed E-state index contributed by atoms with van der Waals surface area (Å²) in [7, 11) is 0. The van der Waals surface area contributed by atoms with Crippen LogP contribution in [0.3, 0.4) is 0 Å². The normalized spacial score (nSPS) is 14.6. The van der Waals surface area contributed by atoms with E-state index in [9.17, 15) is 9.59 Å². The summed E-state index contributed by atoms with van der Waals surface area (Å²) >= 11 is 7.42. The third-order valence-electron chi connectivity index (χ3n) is 4.78. The standard InChI is InChI=1S/C22H30ClNO2S/c1-3-5-6-7-8-9-10-11-16-24-21(25)19(20(22(24)26)27-4-2)17-12-14-18(23)15-13-17/h12-15H,3-11,16H2,1-2H3. The van der Waals surface area contributed by atoms with Gasteiger partial charge in [0.05, 0.1) is 10.5 Å². The van der Waals surface area contributed by atoms with Gasteiger partial charge in [0.15, 0.2) is 0 Å². The Hall–Kier alpha value is -1.26. The molecule has 0 N–H and O–H groups in total. The Morgan fingerprint density at radius 2 is 1.44 bits per heavy atom. The van der Waals surface area contributed by atoms with Crippen LogP contribution in [0.15, 0.2) is 29.2 Å². The first-order valence-corrected chi connectivity index (χ1v) is 11.5. The molecule has 1 aliphatic rings. The first kappa shape index (κ1) is 22.0. The molecule has 2 rings (SSSR count). The van der Waals surface area contributed by atoms with Gasteiger partial charge in [0.25, 0.3) is 11.8 Å². The molecular weight excluding hydrogens is 378 g/mol. The van der Waals surface area contributed by atoms with Gasteiger partial charge in [0, 0.05) is 11.6 Å².